The van der Waals surface area contributed by atoms with E-state index in [2.05, 4.69) is 6.92 Å². The predicted molar refractivity (Wildman–Crippen MR) is 55.0 cm³/mol. The van der Waals surface area contributed by atoms with E-state index >= 15 is 0 Å². The molecule has 0 spiro atoms. The van der Waals surface area contributed by atoms with E-state index in [9.17, 15) is 5.21 Å². The van der Waals surface area contributed by atoms with Gasteiger partial charge in [0.05, 0.1) is 13.2 Å². The van der Waals surface area contributed by atoms with Gasteiger partial charge < -0.3 is 10.2 Å². The highest BCUT2D eigenvalue weighted by Crippen LogP contribution is 2.07. The highest BCUT2D eigenvalue weighted by molar-refractivity contribution is 4.41. The molecule has 0 rings (SSSR count). The molecule has 0 saturated carbocycles. The van der Waals surface area contributed by atoms with E-state index < -0.39 is 0 Å². The van der Waals surface area contributed by atoms with Crippen molar-refractivity contribution in [1.82, 2.24) is 0 Å². The number of rotatable bonds is 9. The minimum atomic E-state index is -0.198. The van der Waals surface area contributed by atoms with Crippen LogP contribution in [0.2, 0.25) is 0 Å². The van der Waals surface area contributed by atoms with Gasteiger partial charge in [-0.2, -0.15) is 4.65 Å². The standard InChI is InChI=1S/C10H24NO3/c1-2-3-4-5-6-11(14,7-9-12)8-10-13/h12-14H,2-10H2,1H3/q+1. The molecule has 0 atom stereocenters. The zero-order chi connectivity index (χ0) is 10.9. The summed E-state index contributed by atoms with van der Waals surface area (Å²) in [6.45, 7) is 3.32. The van der Waals surface area contributed by atoms with Crippen molar-refractivity contribution in [2.24, 2.45) is 0 Å². The molecule has 0 aliphatic carbocycles. The molecule has 0 bridgehead atoms. The molecule has 86 valence electrons. The molecule has 0 aromatic heterocycles. The van der Waals surface area contributed by atoms with Crippen LogP contribution in [0.4, 0.5) is 0 Å². The molecule has 0 unspecified atom stereocenters. The lowest BCUT2D eigenvalue weighted by molar-refractivity contribution is -1.10. The lowest BCUT2D eigenvalue weighted by Gasteiger charge is -2.28. The number of hydrogen-bond acceptors (Lipinski definition) is 3. The van der Waals surface area contributed by atoms with Crippen molar-refractivity contribution < 1.29 is 20.1 Å². The van der Waals surface area contributed by atoms with Crippen LogP contribution in [0, 0.1) is 0 Å². The normalized spacial score (nSPS) is 12.0. The van der Waals surface area contributed by atoms with Crippen molar-refractivity contribution >= 4 is 0 Å². The number of aliphatic hydroxyl groups excluding tert-OH is 2. The fourth-order valence-electron chi connectivity index (χ4n) is 1.54. The third-order valence-corrected chi connectivity index (χ3v) is 2.46. The van der Waals surface area contributed by atoms with Crippen LogP contribution < -0.4 is 0 Å². The number of unbranched alkanes of at least 4 members (excludes halogenated alkanes) is 3. The van der Waals surface area contributed by atoms with Crippen molar-refractivity contribution in [3.05, 3.63) is 0 Å². The second-order valence-electron chi connectivity index (χ2n) is 3.77. The molecule has 0 aromatic rings. The lowest BCUT2D eigenvalue weighted by atomic mass is 10.2. The van der Waals surface area contributed by atoms with Gasteiger partial charge in [-0.25, -0.2) is 5.21 Å². The van der Waals surface area contributed by atoms with Gasteiger partial charge in [0.15, 0.2) is 0 Å². The van der Waals surface area contributed by atoms with Gasteiger partial charge in [0.1, 0.15) is 19.6 Å². The van der Waals surface area contributed by atoms with Gasteiger partial charge >= 0.3 is 0 Å². The summed E-state index contributed by atoms with van der Waals surface area (Å²) < 4.78 is -0.198. The summed E-state index contributed by atoms with van der Waals surface area (Å²) in [7, 11) is 0. The Balaban J connectivity index is 3.71. The molecular weight excluding hydrogens is 182 g/mol. The Bertz CT molecular complexity index is 125. The second-order valence-corrected chi connectivity index (χ2v) is 3.77. The molecule has 0 saturated heterocycles. The fourth-order valence-corrected chi connectivity index (χ4v) is 1.54. The van der Waals surface area contributed by atoms with E-state index in [0.717, 1.165) is 12.8 Å². The van der Waals surface area contributed by atoms with Crippen molar-refractivity contribution in [3.8, 4) is 0 Å². The monoisotopic (exact) mass is 206 g/mol. The third-order valence-electron chi connectivity index (χ3n) is 2.46. The van der Waals surface area contributed by atoms with Crippen LogP contribution in [-0.2, 0) is 0 Å². The summed E-state index contributed by atoms with van der Waals surface area (Å²) in [5.41, 5.74) is 0. The van der Waals surface area contributed by atoms with Crippen LogP contribution in [0.15, 0.2) is 0 Å². The molecule has 3 N–H and O–H groups in total. The maximum atomic E-state index is 9.93. The summed E-state index contributed by atoms with van der Waals surface area (Å²) in [4.78, 5) is 0. The number of nitrogens with zero attached hydrogens (tertiary/aromatic N) is 1. The summed E-state index contributed by atoms with van der Waals surface area (Å²) in [5, 5.41) is 27.5. The summed E-state index contributed by atoms with van der Waals surface area (Å²) >= 11 is 0. The zero-order valence-electron chi connectivity index (χ0n) is 9.15. The van der Waals surface area contributed by atoms with E-state index in [0.29, 0.717) is 19.6 Å². The quantitative estimate of drug-likeness (QED) is 0.296. The van der Waals surface area contributed by atoms with E-state index in [1.165, 1.54) is 12.8 Å². The van der Waals surface area contributed by atoms with Gasteiger partial charge in [0.25, 0.3) is 0 Å². The minimum Gasteiger partial charge on any atom is -0.390 e. The Hall–Kier alpha value is -0.160. The number of quaternary nitrogens is 1. The van der Waals surface area contributed by atoms with Crippen LogP contribution in [0.25, 0.3) is 0 Å². The highest BCUT2D eigenvalue weighted by atomic mass is 16.5. The average molecular weight is 206 g/mol. The molecule has 4 nitrogen and oxygen atoms in total. The predicted octanol–water partition coefficient (Wildman–Crippen LogP) is 0.757. The van der Waals surface area contributed by atoms with Crippen molar-refractivity contribution in [3.63, 3.8) is 0 Å². The van der Waals surface area contributed by atoms with E-state index in [-0.39, 0.29) is 17.9 Å². The Kier molecular flexibility index (Phi) is 8.08. The van der Waals surface area contributed by atoms with Gasteiger partial charge in [-0.15, -0.1) is 0 Å². The van der Waals surface area contributed by atoms with E-state index in [4.69, 9.17) is 10.2 Å². The number of hydrogen-bond donors (Lipinski definition) is 3. The Labute approximate surface area is 86.3 Å². The first-order valence-corrected chi connectivity index (χ1v) is 5.49. The van der Waals surface area contributed by atoms with Crippen LogP contribution in [0.1, 0.15) is 32.6 Å². The largest absolute Gasteiger partial charge is 0.390 e. The molecule has 0 aliphatic heterocycles. The first-order chi connectivity index (χ1) is 6.68. The molecule has 0 radical (unpaired) electrons. The number of hydroxylamine groups is 3. The van der Waals surface area contributed by atoms with Gasteiger partial charge in [-0.05, 0) is 12.8 Å². The third kappa shape index (κ3) is 6.32. The second kappa shape index (κ2) is 8.17. The van der Waals surface area contributed by atoms with Gasteiger partial charge in [0.2, 0.25) is 0 Å². The minimum absolute atomic E-state index is 0.0374. The molecule has 0 amide bonds. The SMILES string of the molecule is CCCCCC[N+](O)(CCO)CCO. The van der Waals surface area contributed by atoms with Crippen LogP contribution in [0.5, 0.6) is 0 Å². The maximum Gasteiger partial charge on any atom is 0.132 e. The van der Waals surface area contributed by atoms with Gasteiger partial charge in [-0.3, -0.25) is 0 Å². The van der Waals surface area contributed by atoms with Crippen molar-refractivity contribution in [2.75, 3.05) is 32.8 Å². The average Bonchev–Trinajstić information content (AvgIpc) is 2.13. The van der Waals surface area contributed by atoms with Crippen LogP contribution >= 0.6 is 0 Å². The van der Waals surface area contributed by atoms with Crippen LogP contribution in [0.3, 0.4) is 0 Å². The van der Waals surface area contributed by atoms with E-state index in [1.807, 2.05) is 0 Å². The Morgan fingerprint density at radius 1 is 0.857 bits per heavy atom. The Morgan fingerprint density at radius 3 is 1.86 bits per heavy atom. The first-order valence-electron chi connectivity index (χ1n) is 5.49. The fraction of sp³-hybridized carbons (Fsp3) is 1.00. The van der Waals surface area contributed by atoms with Crippen molar-refractivity contribution in [1.29, 1.82) is 0 Å². The molecule has 0 fully saturated rings. The van der Waals surface area contributed by atoms with Gasteiger partial charge in [-0.1, -0.05) is 19.8 Å². The summed E-state index contributed by atoms with van der Waals surface area (Å²) in [6.07, 6.45) is 4.40. The molecular formula is C10H24NO3+. The molecule has 4 heteroatoms. The first kappa shape index (κ1) is 13.8. The summed E-state index contributed by atoms with van der Waals surface area (Å²) in [5.74, 6) is 0. The lowest BCUT2D eigenvalue weighted by Crippen LogP contribution is -2.49. The van der Waals surface area contributed by atoms with Crippen LogP contribution in [-0.4, -0.2) is 52.9 Å². The smallest absolute Gasteiger partial charge is 0.132 e. The molecule has 0 aromatic carbocycles. The number of aliphatic hydroxyl groups is 2. The van der Waals surface area contributed by atoms with E-state index in [1.54, 1.807) is 0 Å². The molecule has 0 aliphatic rings. The molecule has 0 heterocycles. The topological polar surface area (TPSA) is 60.7 Å². The van der Waals surface area contributed by atoms with Crippen molar-refractivity contribution in [2.45, 2.75) is 32.6 Å². The van der Waals surface area contributed by atoms with Gasteiger partial charge in [0, 0.05) is 0 Å². The Morgan fingerprint density at radius 2 is 1.43 bits per heavy atom. The highest BCUT2D eigenvalue weighted by Gasteiger charge is 2.23. The zero-order valence-corrected chi connectivity index (χ0v) is 9.15. The molecule has 14 heavy (non-hydrogen) atoms. The summed E-state index contributed by atoms with van der Waals surface area (Å²) in [6, 6.07) is 0. The maximum absolute atomic E-state index is 9.93.